The van der Waals surface area contributed by atoms with Crippen LogP contribution in [0.2, 0.25) is 5.02 Å². The number of amides is 1. The lowest BCUT2D eigenvalue weighted by atomic mass is 10.1. The Bertz CT molecular complexity index is 1010. The van der Waals surface area contributed by atoms with Crippen LogP contribution in [0.25, 0.3) is 0 Å². The van der Waals surface area contributed by atoms with E-state index in [0.29, 0.717) is 17.7 Å². The summed E-state index contributed by atoms with van der Waals surface area (Å²) in [4.78, 5) is 12.1. The number of hydrogen-bond acceptors (Lipinski definition) is 3. The number of sulfonamides is 1. The van der Waals surface area contributed by atoms with Crippen molar-refractivity contribution < 1.29 is 35.2 Å². The summed E-state index contributed by atoms with van der Waals surface area (Å²) >= 11 is 6.03. The van der Waals surface area contributed by atoms with Gasteiger partial charge in [0.25, 0.3) is 5.91 Å². The third-order valence-electron chi connectivity index (χ3n) is 3.66. The van der Waals surface area contributed by atoms with Gasteiger partial charge in [0.2, 0.25) is 10.0 Å². The van der Waals surface area contributed by atoms with E-state index in [2.05, 4.69) is 10.0 Å². The molecule has 12 heteroatoms. The average molecular weight is 457 g/mol. The van der Waals surface area contributed by atoms with Crippen LogP contribution in [0, 0.1) is 0 Å². The molecular formula is C17H14ClF5N2O3S. The molecule has 0 radical (unpaired) electrons. The lowest BCUT2D eigenvalue weighted by Crippen LogP contribution is -2.33. The summed E-state index contributed by atoms with van der Waals surface area (Å²) in [5.74, 6) is -5.75. The second-order valence-electron chi connectivity index (χ2n) is 6.01. The van der Waals surface area contributed by atoms with Gasteiger partial charge in [0.15, 0.2) is 0 Å². The van der Waals surface area contributed by atoms with Crippen molar-refractivity contribution in [2.75, 3.05) is 11.0 Å². The van der Waals surface area contributed by atoms with Crippen molar-refractivity contribution in [3.05, 3.63) is 64.2 Å². The van der Waals surface area contributed by atoms with Gasteiger partial charge in [-0.05, 0) is 29.8 Å². The molecule has 0 aliphatic heterocycles. The SMILES string of the molecule is CS(=O)(=O)Nc1ccc(CNC(=O)c2ccc(C(F)(F)C(F)(F)F)cc2)c(Cl)c1. The molecule has 0 saturated carbocycles. The summed E-state index contributed by atoms with van der Waals surface area (Å²) in [6.45, 7) is -0.0860. The van der Waals surface area contributed by atoms with Crippen LogP contribution >= 0.6 is 11.6 Å². The first kappa shape index (κ1) is 22.9. The Kier molecular flexibility index (Phi) is 6.43. The topological polar surface area (TPSA) is 75.3 Å². The highest BCUT2D eigenvalue weighted by Gasteiger charge is 2.58. The molecule has 2 N–H and O–H groups in total. The summed E-state index contributed by atoms with van der Waals surface area (Å²) in [6, 6.07) is 6.97. The van der Waals surface area contributed by atoms with Crippen LogP contribution < -0.4 is 10.0 Å². The zero-order chi connectivity index (χ0) is 22.0. The Morgan fingerprint density at radius 2 is 1.62 bits per heavy atom. The number of alkyl halides is 5. The van der Waals surface area contributed by atoms with Gasteiger partial charge in [0.05, 0.1) is 6.26 Å². The number of nitrogens with one attached hydrogen (secondary N) is 2. The Balaban J connectivity index is 2.06. The summed E-state index contributed by atoms with van der Waals surface area (Å²) in [5, 5.41) is 2.59. The standard InChI is InChI=1S/C17H14ClF5N2O3S/c1-29(27,28)25-13-7-4-11(14(18)8-13)9-24-15(26)10-2-5-12(6-3-10)16(19,20)17(21,22)23/h2-8,25H,9H2,1H3,(H,24,26). The summed E-state index contributed by atoms with van der Waals surface area (Å²) in [5.41, 5.74) is -0.759. The Hall–Kier alpha value is -2.40. The zero-order valence-electron chi connectivity index (χ0n) is 14.6. The minimum Gasteiger partial charge on any atom is -0.348 e. The monoisotopic (exact) mass is 456 g/mol. The van der Waals surface area contributed by atoms with Gasteiger partial charge >= 0.3 is 12.1 Å². The van der Waals surface area contributed by atoms with E-state index >= 15 is 0 Å². The second kappa shape index (κ2) is 8.15. The van der Waals surface area contributed by atoms with Crippen LogP contribution in [-0.2, 0) is 22.5 Å². The molecule has 0 aliphatic rings. The van der Waals surface area contributed by atoms with E-state index in [0.717, 1.165) is 18.4 Å². The van der Waals surface area contributed by atoms with Gasteiger partial charge in [-0.1, -0.05) is 29.8 Å². The van der Waals surface area contributed by atoms with Gasteiger partial charge < -0.3 is 5.32 Å². The van der Waals surface area contributed by atoms with Crippen molar-refractivity contribution >= 4 is 33.2 Å². The van der Waals surface area contributed by atoms with Crippen LogP contribution in [0.15, 0.2) is 42.5 Å². The Labute approximate surface area is 167 Å². The molecule has 0 saturated heterocycles. The summed E-state index contributed by atoms with van der Waals surface area (Å²) in [6.07, 6.45) is -4.78. The Morgan fingerprint density at radius 3 is 2.10 bits per heavy atom. The molecule has 1 amide bonds. The molecular weight excluding hydrogens is 443 g/mol. The van der Waals surface area contributed by atoms with Crippen molar-refractivity contribution in [3.63, 3.8) is 0 Å². The van der Waals surface area contributed by atoms with E-state index in [1.807, 2.05) is 0 Å². The van der Waals surface area contributed by atoms with Crippen molar-refractivity contribution in [2.45, 2.75) is 18.6 Å². The van der Waals surface area contributed by atoms with E-state index in [9.17, 15) is 35.2 Å². The third-order valence-corrected chi connectivity index (χ3v) is 4.62. The zero-order valence-corrected chi connectivity index (χ0v) is 16.2. The quantitative estimate of drug-likeness (QED) is 0.637. The third kappa shape index (κ3) is 5.80. The van der Waals surface area contributed by atoms with E-state index < -0.39 is 33.6 Å². The Morgan fingerprint density at radius 1 is 1.03 bits per heavy atom. The molecule has 2 aromatic rings. The predicted octanol–water partition coefficient (Wildman–Crippen LogP) is 4.30. The number of halogens is 6. The highest BCUT2D eigenvalue weighted by molar-refractivity contribution is 7.92. The van der Waals surface area contributed by atoms with E-state index in [1.54, 1.807) is 0 Å². The smallest absolute Gasteiger partial charge is 0.348 e. The molecule has 0 aromatic heterocycles. The van der Waals surface area contributed by atoms with Crippen LogP contribution in [-0.4, -0.2) is 26.8 Å². The van der Waals surface area contributed by atoms with Gasteiger partial charge in [-0.25, -0.2) is 8.42 Å². The first-order chi connectivity index (χ1) is 13.2. The van der Waals surface area contributed by atoms with Gasteiger partial charge in [-0.2, -0.15) is 22.0 Å². The number of rotatable bonds is 6. The van der Waals surface area contributed by atoms with Gasteiger partial charge in [-0.3, -0.25) is 9.52 Å². The molecule has 0 aliphatic carbocycles. The van der Waals surface area contributed by atoms with E-state index in [4.69, 9.17) is 11.6 Å². The van der Waals surface area contributed by atoms with Crippen LogP contribution in [0.4, 0.5) is 27.6 Å². The number of benzene rings is 2. The predicted molar refractivity (Wildman–Crippen MR) is 97.5 cm³/mol. The fraction of sp³-hybridized carbons (Fsp3) is 0.235. The number of carbonyl (C=O) groups excluding carboxylic acids is 1. The first-order valence-corrected chi connectivity index (χ1v) is 10.1. The minimum absolute atomic E-state index is 0.0860. The van der Waals surface area contributed by atoms with Crippen molar-refractivity contribution in [1.82, 2.24) is 5.32 Å². The number of carbonyl (C=O) groups is 1. The maximum Gasteiger partial charge on any atom is 0.458 e. The van der Waals surface area contributed by atoms with Crippen molar-refractivity contribution in [1.29, 1.82) is 0 Å². The molecule has 29 heavy (non-hydrogen) atoms. The number of hydrogen-bond donors (Lipinski definition) is 2. The lowest BCUT2D eigenvalue weighted by Gasteiger charge is -2.19. The molecule has 0 fully saturated rings. The van der Waals surface area contributed by atoms with E-state index in [-0.39, 0.29) is 22.8 Å². The highest BCUT2D eigenvalue weighted by Crippen LogP contribution is 2.43. The largest absolute Gasteiger partial charge is 0.458 e. The molecule has 0 atom stereocenters. The van der Waals surface area contributed by atoms with Gasteiger partial charge in [0.1, 0.15) is 0 Å². The highest BCUT2D eigenvalue weighted by atomic mass is 35.5. The molecule has 0 spiro atoms. The molecule has 5 nitrogen and oxygen atoms in total. The maximum atomic E-state index is 13.3. The van der Waals surface area contributed by atoms with Crippen molar-refractivity contribution in [2.24, 2.45) is 0 Å². The molecule has 2 rings (SSSR count). The molecule has 0 bridgehead atoms. The van der Waals surface area contributed by atoms with Crippen molar-refractivity contribution in [3.8, 4) is 0 Å². The molecule has 0 unspecified atom stereocenters. The molecule has 2 aromatic carbocycles. The van der Waals surface area contributed by atoms with Gasteiger partial charge in [-0.15, -0.1) is 0 Å². The lowest BCUT2D eigenvalue weighted by molar-refractivity contribution is -0.289. The molecule has 158 valence electrons. The van der Waals surface area contributed by atoms with Gasteiger partial charge in [0, 0.05) is 28.4 Å². The fourth-order valence-corrected chi connectivity index (χ4v) is 3.04. The minimum atomic E-state index is -5.74. The summed E-state index contributed by atoms with van der Waals surface area (Å²) < 4.78 is 88.2. The summed E-state index contributed by atoms with van der Waals surface area (Å²) in [7, 11) is -3.49. The van der Waals surface area contributed by atoms with Crippen LogP contribution in [0.5, 0.6) is 0 Å². The number of anilines is 1. The molecule has 0 heterocycles. The maximum absolute atomic E-state index is 13.3. The normalized spacial score (nSPS) is 12.5. The van der Waals surface area contributed by atoms with Crippen LogP contribution in [0.3, 0.4) is 0 Å². The average Bonchev–Trinajstić information content (AvgIpc) is 2.58. The second-order valence-corrected chi connectivity index (χ2v) is 8.17. The van der Waals surface area contributed by atoms with Crippen LogP contribution in [0.1, 0.15) is 21.5 Å². The fourth-order valence-electron chi connectivity index (χ4n) is 2.24. The first-order valence-electron chi connectivity index (χ1n) is 7.80. The van der Waals surface area contributed by atoms with E-state index in [1.165, 1.54) is 18.2 Å².